The van der Waals surface area contributed by atoms with E-state index in [1.807, 2.05) is 64.1 Å². The number of ether oxygens (including phenoxy) is 1. The number of rotatable bonds is 6. The molecule has 0 spiro atoms. The molecule has 0 saturated carbocycles. The first kappa shape index (κ1) is 23.1. The normalized spacial score (nSPS) is 13.9. The first-order valence-corrected chi connectivity index (χ1v) is 11.1. The number of alkyl carbamates (subject to hydrolysis) is 1. The van der Waals surface area contributed by atoms with Crippen molar-refractivity contribution in [3.63, 3.8) is 0 Å². The molecule has 1 amide bonds. The van der Waals surface area contributed by atoms with Crippen molar-refractivity contribution in [3.8, 4) is 0 Å². The Kier molecular flexibility index (Phi) is 8.23. The zero-order chi connectivity index (χ0) is 20.8. The fraction of sp³-hybridized carbons (Fsp3) is 0.381. The Morgan fingerprint density at radius 2 is 1.61 bits per heavy atom. The lowest BCUT2D eigenvalue weighted by molar-refractivity contribution is 0.0516. The molecule has 0 radical (unpaired) electrons. The van der Waals surface area contributed by atoms with Gasteiger partial charge in [0.05, 0.1) is 5.69 Å². The van der Waals surface area contributed by atoms with Gasteiger partial charge in [0.25, 0.3) is 0 Å². The van der Waals surface area contributed by atoms with Gasteiger partial charge in [0.1, 0.15) is 11.1 Å². The van der Waals surface area contributed by atoms with Crippen molar-refractivity contribution in [1.82, 2.24) is 5.32 Å². The monoisotopic (exact) mass is 605 g/mol. The first-order chi connectivity index (χ1) is 13.1. The van der Waals surface area contributed by atoms with Crippen LogP contribution in [0.5, 0.6) is 0 Å². The lowest BCUT2D eigenvalue weighted by Crippen LogP contribution is -2.43. The number of hydrogen-bond donors (Lipinski definition) is 1. The molecule has 0 saturated heterocycles. The molecule has 0 aliphatic carbocycles. The number of azo groups is 1. The highest BCUT2D eigenvalue weighted by molar-refractivity contribution is 14.1. The van der Waals surface area contributed by atoms with Gasteiger partial charge >= 0.3 is 6.09 Å². The summed E-state index contributed by atoms with van der Waals surface area (Å²) in [6, 6.07) is 16.0. The molecule has 0 aliphatic heterocycles. The van der Waals surface area contributed by atoms with Crippen LogP contribution in [0, 0.1) is 7.14 Å². The number of benzene rings is 2. The molecule has 0 heterocycles. The van der Waals surface area contributed by atoms with Gasteiger partial charge in [0, 0.05) is 20.1 Å². The summed E-state index contributed by atoms with van der Waals surface area (Å²) in [5.74, 6) is 0. The highest BCUT2D eigenvalue weighted by Crippen LogP contribution is 2.26. The van der Waals surface area contributed by atoms with Gasteiger partial charge in [0.2, 0.25) is 0 Å². The highest BCUT2D eigenvalue weighted by Gasteiger charge is 2.28. The van der Waals surface area contributed by atoms with Crippen LogP contribution in [0.25, 0.3) is 0 Å². The van der Waals surface area contributed by atoms with E-state index in [0.29, 0.717) is 13.0 Å². The van der Waals surface area contributed by atoms with Crippen LogP contribution in [0.4, 0.5) is 10.5 Å². The largest absolute Gasteiger partial charge is 0.444 e. The molecule has 0 bridgehead atoms. The molecular formula is C21H25I2N3O2. The van der Waals surface area contributed by atoms with Crippen molar-refractivity contribution in [1.29, 1.82) is 0 Å². The van der Waals surface area contributed by atoms with Gasteiger partial charge < -0.3 is 10.1 Å². The molecule has 0 fully saturated rings. The van der Waals surface area contributed by atoms with Gasteiger partial charge in [-0.05, 0) is 96.6 Å². The summed E-state index contributed by atoms with van der Waals surface area (Å²) in [7, 11) is 0. The van der Waals surface area contributed by atoms with Gasteiger partial charge in [-0.2, -0.15) is 10.2 Å². The van der Waals surface area contributed by atoms with Crippen LogP contribution in [0.3, 0.4) is 0 Å². The van der Waals surface area contributed by atoms with Gasteiger partial charge in [-0.1, -0.05) is 30.3 Å². The van der Waals surface area contributed by atoms with Crippen molar-refractivity contribution < 1.29 is 9.53 Å². The quantitative estimate of drug-likeness (QED) is 0.302. The standard InChI is InChI=1S/C21H25I2N3O2/c1-20(2,3)28-19(27)24-14-21(4,13-15-9-5-6-10-16(15)22)26-25-18-12-8-7-11-17(18)23/h5-12H,13-14H2,1-4H3,(H,24,27). The minimum Gasteiger partial charge on any atom is -0.444 e. The van der Waals surface area contributed by atoms with E-state index in [2.05, 4.69) is 72.9 Å². The van der Waals surface area contributed by atoms with Gasteiger partial charge in [-0.25, -0.2) is 4.79 Å². The molecule has 0 aliphatic rings. The van der Waals surface area contributed by atoms with Crippen LogP contribution in [-0.2, 0) is 11.2 Å². The third-order valence-electron chi connectivity index (χ3n) is 3.79. The predicted molar refractivity (Wildman–Crippen MR) is 129 cm³/mol. The Morgan fingerprint density at radius 3 is 2.21 bits per heavy atom. The third-order valence-corrected chi connectivity index (χ3v) is 5.76. The molecule has 28 heavy (non-hydrogen) atoms. The van der Waals surface area contributed by atoms with Gasteiger partial charge in [-0.15, -0.1) is 0 Å². The molecule has 2 rings (SSSR count). The Morgan fingerprint density at radius 1 is 1.00 bits per heavy atom. The van der Waals surface area contributed by atoms with E-state index in [0.717, 1.165) is 12.8 Å². The maximum atomic E-state index is 12.1. The third kappa shape index (κ3) is 7.65. The topological polar surface area (TPSA) is 63.0 Å². The zero-order valence-corrected chi connectivity index (χ0v) is 20.8. The molecule has 0 aromatic heterocycles. The number of amides is 1. The summed E-state index contributed by atoms with van der Waals surface area (Å²) in [5, 5.41) is 12.0. The van der Waals surface area contributed by atoms with Crippen molar-refractivity contribution in [3.05, 3.63) is 61.2 Å². The number of nitrogens with zero attached hydrogens (tertiary/aromatic N) is 2. The Hall–Kier alpha value is -1.23. The van der Waals surface area contributed by atoms with Crippen LogP contribution in [0.1, 0.15) is 33.3 Å². The van der Waals surface area contributed by atoms with Crippen molar-refractivity contribution in [2.75, 3.05) is 6.54 Å². The predicted octanol–water partition coefficient (Wildman–Crippen LogP) is 6.51. The van der Waals surface area contributed by atoms with Crippen LogP contribution in [0.15, 0.2) is 58.8 Å². The van der Waals surface area contributed by atoms with Gasteiger partial charge in [-0.3, -0.25) is 0 Å². The summed E-state index contributed by atoms with van der Waals surface area (Å²) in [6.45, 7) is 7.84. The Balaban J connectivity index is 2.23. The average molecular weight is 605 g/mol. The summed E-state index contributed by atoms with van der Waals surface area (Å²) < 4.78 is 7.55. The number of carbonyl (C=O) groups is 1. The van der Waals surface area contributed by atoms with E-state index < -0.39 is 17.2 Å². The minimum atomic E-state index is -0.614. The van der Waals surface area contributed by atoms with Crippen LogP contribution >= 0.6 is 45.2 Å². The maximum Gasteiger partial charge on any atom is 0.407 e. The summed E-state index contributed by atoms with van der Waals surface area (Å²) >= 11 is 4.56. The second kappa shape index (κ2) is 10.00. The SMILES string of the molecule is CC(CNC(=O)OC(C)(C)C)(Cc1ccccc1I)N=Nc1ccccc1I. The van der Waals surface area contributed by atoms with Crippen molar-refractivity contribution in [2.45, 2.75) is 45.3 Å². The fourth-order valence-electron chi connectivity index (χ4n) is 2.47. The molecule has 1 atom stereocenters. The lowest BCUT2D eigenvalue weighted by atomic mass is 9.93. The second-order valence-electron chi connectivity index (χ2n) is 7.77. The van der Waals surface area contributed by atoms with E-state index in [-0.39, 0.29) is 0 Å². The summed E-state index contributed by atoms with van der Waals surface area (Å²) in [5.41, 5.74) is 0.821. The van der Waals surface area contributed by atoms with Gasteiger partial charge in [0.15, 0.2) is 0 Å². The zero-order valence-electron chi connectivity index (χ0n) is 16.5. The number of hydrogen-bond acceptors (Lipinski definition) is 4. The van der Waals surface area contributed by atoms with E-state index in [9.17, 15) is 4.79 Å². The van der Waals surface area contributed by atoms with Crippen LogP contribution in [-0.4, -0.2) is 23.8 Å². The summed E-state index contributed by atoms with van der Waals surface area (Å²) in [4.78, 5) is 12.1. The second-order valence-corrected chi connectivity index (χ2v) is 10.1. The van der Waals surface area contributed by atoms with Crippen molar-refractivity contribution >= 4 is 57.0 Å². The number of carbonyl (C=O) groups excluding carboxylic acids is 1. The van der Waals surface area contributed by atoms with Crippen LogP contribution in [0.2, 0.25) is 0 Å². The smallest absolute Gasteiger partial charge is 0.407 e. The summed E-state index contributed by atoms with van der Waals surface area (Å²) in [6.07, 6.45) is 0.195. The number of halogens is 2. The Bertz CT molecular complexity index is 850. The minimum absolute atomic E-state index is 0.319. The first-order valence-electron chi connectivity index (χ1n) is 8.96. The molecule has 7 heteroatoms. The maximum absolute atomic E-state index is 12.1. The average Bonchev–Trinajstić information content (AvgIpc) is 2.60. The molecule has 2 aromatic rings. The lowest BCUT2D eigenvalue weighted by Gasteiger charge is -2.26. The number of nitrogens with one attached hydrogen (secondary N) is 1. The van der Waals surface area contributed by atoms with E-state index in [1.165, 1.54) is 5.56 Å². The van der Waals surface area contributed by atoms with E-state index in [1.54, 1.807) is 0 Å². The molecule has 1 unspecified atom stereocenters. The van der Waals surface area contributed by atoms with Crippen molar-refractivity contribution in [2.24, 2.45) is 10.2 Å². The molecular weight excluding hydrogens is 580 g/mol. The molecule has 2 aromatic carbocycles. The fourth-order valence-corrected chi connectivity index (χ4v) is 3.54. The van der Waals surface area contributed by atoms with Crippen LogP contribution < -0.4 is 5.32 Å². The molecule has 1 N–H and O–H groups in total. The molecule has 5 nitrogen and oxygen atoms in total. The van der Waals surface area contributed by atoms with E-state index in [4.69, 9.17) is 4.74 Å². The van der Waals surface area contributed by atoms with E-state index >= 15 is 0 Å². The highest BCUT2D eigenvalue weighted by atomic mass is 127. The Labute approximate surface area is 194 Å². The molecule has 150 valence electrons.